The van der Waals surface area contributed by atoms with Crippen LogP contribution in [0.1, 0.15) is 36.6 Å². The summed E-state index contributed by atoms with van der Waals surface area (Å²) in [6.45, 7) is 6.26. The molecule has 0 atom stereocenters. The molecule has 0 bridgehead atoms. The van der Waals surface area contributed by atoms with Gasteiger partial charge in [0, 0.05) is 50.6 Å². The Hall–Kier alpha value is -0.900. The summed E-state index contributed by atoms with van der Waals surface area (Å²) in [6, 6.07) is 0. The molecule has 1 aromatic rings. The van der Waals surface area contributed by atoms with Gasteiger partial charge in [0.15, 0.2) is 5.96 Å². The fraction of sp³-hybridized carbons (Fsp3) is 0.667. The van der Waals surface area contributed by atoms with E-state index in [0.717, 1.165) is 43.3 Å². The molecule has 0 saturated carbocycles. The predicted molar refractivity (Wildman–Crippen MR) is 108 cm³/mol. The van der Waals surface area contributed by atoms with E-state index in [2.05, 4.69) is 32.9 Å². The Morgan fingerprint density at radius 3 is 2.57 bits per heavy atom. The van der Waals surface area contributed by atoms with E-state index >= 15 is 0 Å². The number of carbonyl (C=O) groups excluding carboxylic acids is 1. The second-order valence-electron chi connectivity index (χ2n) is 4.85. The van der Waals surface area contributed by atoms with Crippen molar-refractivity contribution in [3.8, 4) is 0 Å². The van der Waals surface area contributed by atoms with Crippen LogP contribution in [0.5, 0.6) is 0 Å². The second kappa shape index (κ2) is 13.5. The van der Waals surface area contributed by atoms with Gasteiger partial charge in [-0.3, -0.25) is 9.79 Å². The quantitative estimate of drug-likeness (QED) is 0.304. The van der Waals surface area contributed by atoms with Gasteiger partial charge in [0.2, 0.25) is 5.91 Å². The molecule has 8 heteroatoms. The van der Waals surface area contributed by atoms with Crippen molar-refractivity contribution in [3.63, 3.8) is 0 Å². The van der Waals surface area contributed by atoms with Crippen LogP contribution in [0.4, 0.5) is 0 Å². The lowest BCUT2D eigenvalue weighted by molar-refractivity contribution is -0.120. The van der Waals surface area contributed by atoms with E-state index in [1.165, 1.54) is 4.88 Å². The van der Waals surface area contributed by atoms with Crippen molar-refractivity contribution in [1.29, 1.82) is 0 Å². The lowest BCUT2D eigenvalue weighted by Crippen LogP contribution is -2.40. The fourth-order valence-corrected chi connectivity index (χ4v) is 2.64. The van der Waals surface area contributed by atoms with Crippen LogP contribution < -0.4 is 16.0 Å². The van der Waals surface area contributed by atoms with Gasteiger partial charge in [-0.25, -0.2) is 4.98 Å². The maximum atomic E-state index is 11.5. The van der Waals surface area contributed by atoms with Gasteiger partial charge in [-0.1, -0.05) is 13.8 Å². The number of aryl methyl sites for hydroxylation is 1. The number of aliphatic imine (C=N–C) groups is 1. The normalized spacial score (nSPS) is 10.8. The summed E-state index contributed by atoms with van der Waals surface area (Å²) in [4.78, 5) is 21.3. The third-order valence-electron chi connectivity index (χ3n) is 3.02. The zero-order chi connectivity index (χ0) is 16.2. The average Bonchev–Trinajstić information content (AvgIpc) is 2.99. The zero-order valence-electron chi connectivity index (χ0n) is 14.1. The zero-order valence-corrected chi connectivity index (χ0v) is 17.3. The number of hydrogen-bond donors (Lipinski definition) is 3. The van der Waals surface area contributed by atoms with E-state index in [1.54, 1.807) is 18.4 Å². The van der Waals surface area contributed by atoms with Crippen LogP contribution in [0.3, 0.4) is 0 Å². The van der Waals surface area contributed by atoms with E-state index < -0.39 is 0 Å². The van der Waals surface area contributed by atoms with Gasteiger partial charge < -0.3 is 16.0 Å². The van der Waals surface area contributed by atoms with Crippen molar-refractivity contribution >= 4 is 47.2 Å². The van der Waals surface area contributed by atoms with Crippen LogP contribution >= 0.6 is 35.3 Å². The van der Waals surface area contributed by atoms with Crippen molar-refractivity contribution in [2.75, 3.05) is 26.7 Å². The number of hydrogen-bond acceptors (Lipinski definition) is 4. The molecule has 0 aliphatic heterocycles. The first-order valence-electron chi connectivity index (χ1n) is 7.84. The number of nitrogens with one attached hydrogen (secondary N) is 3. The summed E-state index contributed by atoms with van der Waals surface area (Å²) in [7, 11) is 1.73. The molecule has 0 aromatic carbocycles. The third-order valence-corrected chi connectivity index (χ3v) is 4.22. The van der Waals surface area contributed by atoms with Gasteiger partial charge in [0.25, 0.3) is 0 Å². The summed E-state index contributed by atoms with van der Waals surface area (Å²) in [5.74, 6) is 0.787. The molecule has 1 aromatic heterocycles. The maximum Gasteiger partial charge on any atom is 0.221 e. The van der Waals surface area contributed by atoms with Gasteiger partial charge in [0.1, 0.15) is 0 Å². The van der Waals surface area contributed by atoms with Crippen molar-refractivity contribution in [2.45, 2.75) is 39.5 Å². The van der Waals surface area contributed by atoms with Gasteiger partial charge in [-0.2, -0.15) is 0 Å². The van der Waals surface area contributed by atoms with Crippen molar-refractivity contribution < 1.29 is 4.79 Å². The minimum Gasteiger partial charge on any atom is -0.356 e. The molecule has 0 fully saturated rings. The first-order valence-corrected chi connectivity index (χ1v) is 8.66. The highest BCUT2D eigenvalue weighted by molar-refractivity contribution is 14.0. The minimum absolute atomic E-state index is 0. The van der Waals surface area contributed by atoms with E-state index in [4.69, 9.17) is 0 Å². The van der Waals surface area contributed by atoms with E-state index in [-0.39, 0.29) is 29.9 Å². The third kappa shape index (κ3) is 9.75. The second-order valence-corrected chi connectivity index (χ2v) is 6.05. The Bertz CT molecular complexity index is 478. The Labute approximate surface area is 160 Å². The highest BCUT2D eigenvalue weighted by atomic mass is 127. The van der Waals surface area contributed by atoms with E-state index in [9.17, 15) is 4.79 Å². The molecular formula is C15H28IN5OS. The lowest BCUT2D eigenvalue weighted by atomic mass is 10.4. The summed E-state index contributed by atoms with van der Waals surface area (Å²) < 4.78 is 0. The molecule has 1 heterocycles. The fourth-order valence-electron chi connectivity index (χ4n) is 1.78. The Balaban J connectivity index is 0.00000484. The summed E-state index contributed by atoms with van der Waals surface area (Å²) >= 11 is 1.76. The highest BCUT2D eigenvalue weighted by Crippen LogP contribution is 2.13. The van der Waals surface area contributed by atoms with E-state index in [1.807, 2.05) is 13.1 Å². The van der Waals surface area contributed by atoms with Gasteiger partial charge in [-0.15, -0.1) is 35.3 Å². The van der Waals surface area contributed by atoms with Crippen LogP contribution in [0.25, 0.3) is 0 Å². The maximum absolute atomic E-state index is 11.5. The average molecular weight is 453 g/mol. The van der Waals surface area contributed by atoms with Crippen molar-refractivity contribution in [2.24, 2.45) is 4.99 Å². The molecule has 1 rings (SSSR count). The number of rotatable bonds is 9. The van der Waals surface area contributed by atoms with Crippen molar-refractivity contribution in [1.82, 2.24) is 20.9 Å². The molecule has 0 aliphatic carbocycles. The number of thiazole rings is 1. The van der Waals surface area contributed by atoms with Crippen molar-refractivity contribution in [3.05, 3.63) is 16.1 Å². The molecule has 0 aliphatic rings. The number of amides is 1. The Kier molecular flexibility index (Phi) is 13.0. The van der Waals surface area contributed by atoms with Gasteiger partial charge >= 0.3 is 0 Å². The minimum atomic E-state index is 0. The lowest BCUT2D eigenvalue weighted by Gasteiger charge is -2.11. The molecular weight excluding hydrogens is 425 g/mol. The van der Waals surface area contributed by atoms with Gasteiger partial charge in [-0.05, 0) is 12.8 Å². The van der Waals surface area contributed by atoms with Gasteiger partial charge in [0.05, 0.1) is 5.01 Å². The van der Waals surface area contributed by atoms with Crippen LogP contribution in [0.15, 0.2) is 11.2 Å². The highest BCUT2D eigenvalue weighted by Gasteiger charge is 2.03. The largest absolute Gasteiger partial charge is 0.356 e. The molecule has 0 spiro atoms. The van der Waals surface area contributed by atoms with Crippen LogP contribution in [-0.4, -0.2) is 43.5 Å². The molecule has 132 valence electrons. The SMILES string of the molecule is CCCNC(=O)CCNC(=NC)NCCc1ncc(CC)s1.I. The summed E-state index contributed by atoms with van der Waals surface area (Å²) in [5.41, 5.74) is 0. The standard InChI is InChI=1S/C15H27N5OS.HI/c1-4-8-17-13(21)6-9-18-15(16-3)19-10-7-14-20-11-12(5-2)22-14;/h11H,4-10H2,1-3H3,(H,17,21)(H2,16,18,19);1H. The Morgan fingerprint density at radius 2 is 1.96 bits per heavy atom. The number of halogens is 1. The molecule has 23 heavy (non-hydrogen) atoms. The molecule has 6 nitrogen and oxygen atoms in total. The van der Waals surface area contributed by atoms with Crippen LogP contribution in [0.2, 0.25) is 0 Å². The molecule has 0 radical (unpaired) electrons. The molecule has 0 unspecified atom stereocenters. The molecule has 0 saturated heterocycles. The summed E-state index contributed by atoms with van der Waals surface area (Å²) in [6.07, 6.45) is 5.27. The monoisotopic (exact) mass is 453 g/mol. The predicted octanol–water partition coefficient (Wildman–Crippen LogP) is 1.95. The number of aromatic nitrogens is 1. The Morgan fingerprint density at radius 1 is 1.22 bits per heavy atom. The summed E-state index contributed by atoms with van der Waals surface area (Å²) in [5, 5.41) is 10.4. The van der Waals surface area contributed by atoms with E-state index in [0.29, 0.717) is 13.0 Å². The number of carbonyl (C=O) groups is 1. The molecule has 1 amide bonds. The number of nitrogens with zero attached hydrogens (tertiary/aromatic N) is 2. The van der Waals surface area contributed by atoms with Crippen LogP contribution in [-0.2, 0) is 17.6 Å². The first-order chi connectivity index (χ1) is 10.7. The smallest absolute Gasteiger partial charge is 0.221 e. The molecule has 3 N–H and O–H groups in total. The topological polar surface area (TPSA) is 78.4 Å². The number of guanidine groups is 1. The van der Waals surface area contributed by atoms with Crippen LogP contribution in [0, 0.1) is 0 Å². The first kappa shape index (κ1) is 22.1.